The predicted octanol–water partition coefficient (Wildman–Crippen LogP) is 4.51. The number of para-hydroxylation sites is 1. The normalized spacial score (nSPS) is 11.7. The van der Waals surface area contributed by atoms with E-state index in [0.717, 1.165) is 17.4 Å². The third-order valence-corrected chi connectivity index (χ3v) is 5.42. The van der Waals surface area contributed by atoms with Gasteiger partial charge in [-0.15, -0.1) is 0 Å². The van der Waals surface area contributed by atoms with Crippen LogP contribution in [-0.2, 0) is 13.0 Å². The lowest BCUT2D eigenvalue weighted by molar-refractivity contribution is 0.556. The van der Waals surface area contributed by atoms with E-state index in [0.29, 0.717) is 32.7 Å². The highest BCUT2D eigenvalue weighted by molar-refractivity contribution is 6.32. The zero-order valence-electron chi connectivity index (χ0n) is 15.4. The van der Waals surface area contributed by atoms with E-state index in [-0.39, 0.29) is 17.7 Å². The lowest BCUT2D eigenvalue weighted by Crippen LogP contribution is -2.21. The van der Waals surface area contributed by atoms with Crippen LogP contribution < -0.4 is 11.2 Å². The van der Waals surface area contributed by atoms with E-state index >= 15 is 0 Å². The van der Waals surface area contributed by atoms with Crippen LogP contribution in [-0.4, -0.2) is 9.55 Å². The Morgan fingerprint density at radius 2 is 1.83 bits per heavy atom. The second-order valence-corrected chi connectivity index (χ2v) is 7.24. The minimum atomic E-state index is -0.484. The van der Waals surface area contributed by atoms with Crippen LogP contribution in [0.1, 0.15) is 18.1 Å². The number of aryl methyl sites for hydroxylation is 1. The molecule has 7 heteroatoms. The van der Waals surface area contributed by atoms with Crippen molar-refractivity contribution in [3.8, 4) is 0 Å². The van der Waals surface area contributed by atoms with E-state index in [1.807, 2.05) is 25.1 Å². The average Bonchev–Trinajstić information content (AvgIpc) is 3.09. The number of hydrogen-bond acceptors (Lipinski definition) is 5. The van der Waals surface area contributed by atoms with E-state index in [1.54, 1.807) is 18.2 Å². The Morgan fingerprint density at radius 1 is 1.00 bits per heavy atom. The number of nitrogens with zero attached hydrogens (tertiary/aromatic N) is 2. The van der Waals surface area contributed by atoms with Crippen molar-refractivity contribution in [3.63, 3.8) is 0 Å². The molecule has 0 amide bonds. The largest absolute Gasteiger partial charge is 0.448 e. The van der Waals surface area contributed by atoms with Crippen LogP contribution in [0, 0.1) is 0 Å². The van der Waals surface area contributed by atoms with Gasteiger partial charge in [-0.3, -0.25) is 9.36 Å². The molecule has 3 aromatic heterocycles. The first-order valence-electron chi connectivity index (χ1n) is 9.17. The summed E-state index contributed by atoms with van der Waals surface area (Å²) in [5, 5.41) is 2.06. The molecule has 6 nitrogen and oxygen atoms in total. The van der Waals surface area contributed by atoms with Crippen LogP contribution in [0.2, 0.25) is 5.02 Å². The second kappa shape index (κ2) is 6.60. The number of fused-ring (bicyclic) bond motifs is 4. The molecule has 2 aromatic carbocycles. The highest BCUT2D eigenvalue weighted by Crippen LogP contribution is 2.27. The van der Waals surface area contributed by atoms with Crippen molar-refractivity contribution < 1.29 is 8.83 Å². The Bertz CT molecular complexity index is 1530. The monoisotopic (exact) mass is 406 g/mol. The van der Waals surface area contributed by atoms with Gasteiger partial charge in [0.25, 0.3) is 5.56 Å². The molecule has 0 aliphatic heterocycles. The first-order chi connectivity index (χ1) is 14.0. The summed E-state index contributed by atoms with van der Waals surface area (Å²) in [7, 11) is 0. The molecule has 0 aliphatic rings. The first kappa shape index (κ1) is 17.7. The van der Waals surface area contributed by atoms with Gasteiger partial charge < -0.3 is 8.83 Å². The fraction of sp³-hybridized carbons (Fsp3) is 0.136. The minimum absolute atomic E-state index is 0.142. The summed E-state index contributed by atoms with van der Waals surface area (Å²) < 4.78 is 12.5. The molecule has 0 aliphatic carbocycles. The van der Waals surface area contributed by atoms with Crippen LogP contribution in [0.5, 0.6) is 0 Å². The van der Waals surface area contributed by atoms with E-state index in [4.69, 9.17) is 20.4 Å². The second-order valence-electron chi connectivity index (χ2n) is 6.84. The Labute approximate surface area is 169 Å². The van der Waals surface area contributed by atoms with Gasteiger partial charge in [-0.1, -0.05) is 30.7 Å². The smallest absolute Gasteiger partial charge is 0.336 e. The molecule has 0 radical (unpaired) electrons. The third-order valence-electron chi connectivity index (χ3n) is 5.07. The SMILES string of the molecule is CCc1cc2oc(=O)cc(Cn3cnc4c(oc5ccccc54)c3=O)c2cc1Cl. The summed E-state index contributed by atoms with van der Waals surface area (Å²) in [4.78, 5) is 29.5. The van der Waals surface area contributed by atoms with Crippen molar-refractivity contribution in [2.45, 2.75) is 19.9 Å². The summed E-state index contributed by atoms with van der Waals surface area (Å²) in [6.07, 6.45) is 2.18. The summed E-state index contributed by atoms with van der Waals surface area (Å²) in [5.74, 6) is 0. The van der Waals surface area contributed by atoms with Crippen LogP contribution >= 0.6 is 11.6 Å². The molecular weight excluding hydrogens is 392 g/mol. The molecule has 0 spiro atoms. The van der Waals surface area contributed by atoms with Gasteiger partial charge in [-0.05, 0) is 41.8 Å². The summed E-state index contributed by atoms with van der Waals surface area (Å²) >= 11 is 6.36. The van der Waals surface area contributed by atoms with Gasteiger partial charge >= 0.3 is 5.63 Å². The molecule has 0 saturated heterocycles. The van der Waals surface area contributed by atoms with Crippen molar-refractivity contribution in [2.75, 3.05) is 0 Å². The molecule has 0 fully saturated rings. The Balaban J connectivity index is 1.69. The lowest BCUT2D eigenvalue weighted by atomic mass is 10.1. The number of rotatable bonds is 3. The number of aromatic nitrogens is 2. The van der Waals surface area contributed by atoms with Gasteiger partial charge in [-0.2, -0.15) is 0 Å². The van der Waals surface area contributed by atoms with Gasteiger partial charge in [0.1, 0.15) is 16.7 Å². The third kappa shape index (κ3) is 2.84. The molecule has 0 unspecified atom stereocenters. The zero-order valence-corrected chi connectivity index (χ0v) is 16.2. The van der Waals surface area contributed by atoms with E-state index in [9.17, 15) is 9.59 Å². The summed E-state index contributed by atoms with van der Waals surface area (Å²) in [6, 6.07) is 12.3. The Morgan fingerprint density at radius 3 is 2.66 bits per heavy atom. The zero-order chi connectivity index (χ0) is 20.1. The lowest BCUT2D eigenvalue weighted by Gasteiger charge is -2.10. The molecule has 0 N–H and O–H groups in total. The first-order valence-corrected chi connectivity index (χ1v) is 9.55. The van der Waals surface area contributed by atoms with Crippen molar-refractivity contribution in [3.05, 3.63) is 85.7 Å². The standard InChI is InChI=1S/C22H15ClN2O4/c1-2-12-7-18-15(9-16(12)23)13(8-19(26)28-18)10-25-11-24-20-14-5-3-4-6-17(14)29-21(20)22(25)27/h3-9,11H,2,10H2,1H3. The molecular formula is C22H15ClN2O4. The quantitative estimate of drug-likeness (QED) is 0.412. The van der Waals surface area contributed by atoms with Crippen molar-refractivity contribution in [1.82, 2.24) is 9.55 Å². The molecule has 144 valence electrons. The van der Waals surface area contributed by atoms with Crippen LogP contribution in [0.25, 0.3) is 33.0 Å². The molecule has 0 saturated carbocycles. The minimum Gasteiger partial charge on any atom is -0.448 e. The van der Waals surface area contributed by atoms with Gasteiger partial charge in [-0.25, -0.2) is 9.78 Å². The highest BCUT2D eigenvalue weighted by Gasteiger charge is 2.15. The van der Waals surface area contributed by atoms with E-state index in [1.165, 1.54) is 17.0 Å². The van der Waals surface area contributed by atoms with Gasteiger partial charge in [0.05, 0.1) is 12.9 Å². The van der Waals surface area contributed by atoms with E-state index in [2.05, 4.69) is 4.98 Å². The molecule has 3 heterocycles. The van der Waals surface area contributed by atoms with Gasteiger partial charge in [0.2, 0.25) is 5.58 Å². The molecule has 0 bridgehead atoms. The van der Waals surface area contributed by atoms with Crippen molar-refractivity contribution in [2.24, 2.45) is 0 Å². The molecule has 5 rings (SSSR count). The fourth-order valence-corrected chi connectivity index (χ4v) is 3.90. The van der Waals surface area contributed by atoms with Crippen molar-refractivity contribution in [1.29, 1.82) is 0 Å². The molecule has 0 atom stereocenters. The highest BCUT2D eigenvalue weighted by atomic mass is 35.5. The van der Waals surface area contributed by atoms with Crippen molar-refractivity contribution >= 4 is 44.6 Å². The topological polar surface area (TPSA) is 78.2 Å². The number of furan rings is 1. The summed E-state index contributed by atoms with van der Waals surface area (Å²) in [5.41, 5.74) is 2.48. The molecule has 5 aromatic rings. The molecule has 29 heavy (non-hydrogen) atoms. The maximum atomic E-state index is 13.0. The van der Waals surface area contributed by atoms with Crippen LogP contribution in [0.3, 0.4) is 0 Å². The number of hydrogen-bond donors (Lipinski definition) is 0. The van der Waals surface area contributed by atoms with Gasteiger partial charge in [0, 0.05) is 21.9 Å². The average molecular weight is 407 g/mol. The summed E-state index contributed by atoms with van der Waals surface area (Å²) in [6.45, 7) is 2.12. The number of halogens is 1. The number of benzene rings is 2. The maximum absolute atomic E-state index is 13.0. The van der Waals surface area contributed by atoms with Crippen LogP contribution in [0.15, 0.2) is 67.2 Å². The Kier molecular flexibility index (Phi) is 4.03. The van der Waals surface area contributed by atoms with Crippen LogP contribution in [0.4, 0.5) is 0 Å². The Hall–Kier alpha value is -3.38. The fourth-order valence-electron chi connectivity index (χ4n) is 3.60. The maximum Gasteiger partial charge on any atom is 0.336 e. The van der Waals surface area contributed by atoms with Gasteiger partial charge in [0.15, 0.2) is 0 Å². The van der Waals surface area contributed by atoms with E-state index < -0.39 is 5.63 Å². The predicted molar refractivity (Wildman–Crippen MR) is 112 cm³/mol.